The highest BCUT2D eigenvalue weighted by atomic mass is 32.2. The number of amides is 1. The third-order valence-electron chi connectivity index (χ3n) is 4.74. The maximum atomic E-state index is 13.2. The molecule has 1 aromatic carbocycles. The molecule has 0 spiro atoms. The van der Waals surface area contributed by atoms with Crippen molar-refractivity contribution in [1.82, 2.24) is 15.1 Å². The maximum Gasteiger partial charge on any atom is 0.256 e. The third-order valence-corrected chi connectivity index (χ3v) is 5.88. The second-order valence-corrected chi connectivity index (χ2v) is 7.40. The molecule has 0 radical (unpaired) electrons. The van der Waals surface area contributed by atoms with Crippen LogP contribution in [0.5, 0.6) is 0 Å². The van der Waals surface area contributed by atoms with Crippen LogP contribution in [0.15, 0.2) is 24.4 Å². The SMILES string of the molecule is O=C(c1cccc2cn[nH]c12)N(CC1CCCO1)C1CCSC1. The van der Waals surface area contributed by atoms with Crippen LogP contribution in [-0.4, -0.2) is 57.8 Å². The Hall–Kier alpha value is -1.53. The van der Waals surface area contributed by atoms with E-state index < -0.39 is 0 Å². The number of aromatic amines is 1. The first kappa shape index (κ1) is 15.0. The molecule has 2 aromatic rings. The van der Waals surface area contributed by atoms with Crippen LogP contribution in [0.3, 0.4) is 0 Å². The zero-order valence-corrected chi connectivity index (χ0v) is 13.8. The summed E-state index contributed by atoms with van der Waals surface area (Å²) in [5, 5.41) is 8.03. The molecule has 1 aromatic heterocycles. The minimum absolute atomic E-state index is 0.0999. The fraction of sp³-hybridized carbons (Fsp3) is 0.529. The molecule has 1 N–H and O–H groups in total. The Bertz CT molecular complexity index is 690. The van der Waals surface area contributed by atoms with Gasteiger partial charge in [-0.25, -0.2) is 0 Å². The van der Waals surface area contributed by atoms with Gasteiger partial charge in [0, 0.05) is 30.3 Å². The van der Waals surface area contributed by atoms with Gasteiger partial charge in [0.05, 0.1) is 23.4 Å². The van der Waals surface area contributed by atoms with Crippen molar-refractivity contribution in [3.8, 4) is 0 Å². The number of nitrogens with one attached hydrogen (secondary N) is 1. The molecule has 23 heavy (non-hydrogen) atoms. The molecular formula is C17H21N3O2S. The van der Waals surface area contributed by atoms with E-state index in [2.05, 4.69) is 10.2 Å². The summed E-state index contributed by atoms with van der Waals surface area (Å²) in [6, 6.07) is 6.12. The van der Waals surface area contributed by atoms with E-state index in [-0.39, 0.29) is 12.0 Å². The third kappa shape index (κ3) is 2.97. The molecule has 2 fully saturated rings. The van der Waals surface area contributed by atoms with E-state index in [1.807, 2.05) is 34.9 Å². The highest BCUT2D eigenvalue weighted by Crippen LogP contribution is 2.27. The molecule has 6 heteroatoms. The fourth-order valence-electron chi connectivity index (χ4n) is 3.48. The number of H-pyrrole nitrogens is 1. The van der Waals surface area contributed by atoms with Crippen molar-refractivity contribution in [2.75, 3.05) is 24.7 Å². The molecule has 4 rings (SSSR count). The van der Waals surface area contributed by atoms with E-state index in [4.69, 9.17) is 4.74 Å². The Morgan fingerprint density at radius 1 is 1.43 bits per heavy atom. The number of nitrogens with zero attached hydrogens (tertiary/aromatic N) is 2. The van der Waals surface area contributed by atoms with Crippen LogP contribution in [0.25, 0.3) is 10.9 Å². The van der Waals surface area contributed by atoms with E-state index in [1.165, 1.54) is 0 Å². The number of thioether (sulfide) groups is 1. The van der Waals surface area contributed by atoms with E-state index in [1.54, 1.807) is 6.20 Å². The van der Waals surface area contributed by atoms with Crippen molar-refractivity contribution < 1.29 is 9.53 Å². The lowest BCUT2D eigenvalue weighted by molar-refractivity contribution is 0.0443. The number of benzene rings is 1. The van der Waals surface area contributed by atoms with Crippen LogP contribution in [0.2, 0.25) is 0 Å². The largest absolute Gasteiger partial charge is 0.376 e. The van der Waals surface area contributed by atoms with Crippen LogP contribution in [0, 0.1) is 0 Å². The molecule has 2 unspecified atom stereocenters. The predicted octanol–water partition coefficient (Wildman–Crippen LogP) is 2.69. The van der Waals surface area contributed by atoms with E-state index in [0.29, 0.717) is 12.6 Å². The predicted molar refractivity (Wildman–Crippen MR) is 91.8 cm³/mol. The van der Waals surface area contributed by atoms with Crippen LogP contribution in [-0.2, 0) is 4.74 Å². The second kappa shape index (κ2) is 6.53. The number of aromatic nitrogens is 2. The van der Waals surface area contributed by atoms with E-state index >= 15 is 0 Å². The molecule has 122 valence electrons. The first-order valence-electron chi connectivity index (χ1n) is 8.25. The molecule has 2 atom stereocenters. The summed E-state index contributed by atoms with van der Waals surface area (Å²) in [5.74, 6) is 2.26. The van der Waals surface area contributed by atoms with Crippen molar-refractivity contribution >= 4 is 28.6 Å². The highest BCUT2D eigenvalue weighted by Gasteiger charge is 2.32. The van der Waals surface area contributed by atoms with Crippen LogP contribution < -0.4 is 0 Å². The highest BCUT2D eigenvalue weighted by molar-refractivity contribution is 7.99. The van der Waals surface area contributed by atoms with Crippen molar-refractivity contribution in [3.63, 3.8) is 0 Å². The summed E-state index contributed by atoms with van der Waals surface area (Å²) >= 11 is 1.93. The molecule has 3 heterocycles. The lowest BCUT2D eigenvalue weighted by Crippen LogP contribution is -2.44. The summed E-state index contributed by atoms with van der Waals surface area (Å²) in [7, 11) is 0. The number of carbonyl (C=O) groups excluding carboxylic acids is 1. The molecule has 0 aliphatic carbocycles. The smallest absolute Gasteiger partial charge is 0.256 e. The fourth-order valence-corrected chi connectivity index (χ4v) is 4.70. The molecule has 5 nitrogen and oxygen atoms in total. The Labute approximate surface area is 139 Å². The first-order valence-corrected chi connectivity index (χ1v) is 9.41. The number of fused-ring (bicyclic) bond motifs is 1. The number of hydrogen-bond donors (Lipinski definition) is 1. The van der Waals surface area contributed by atoms with Crippen LogP contribution in [0.4, 0.5) is 0 Å². The van der Waals surface area contributed by atoms with E-state index in [0.717, 1.165) is 53.8 Å². The normalized spacial score (nSPS) is 24.3. The number of rotatable bonds is 4. The van der Waals surface area contributed by atoms with Crippen LogP contribution >= 0.6 is 11.8 Å². The Kier molecular flexibility index (Phi) is 4.27. The summed E-state index contributed by atoms with van der Waals surface area (Å²) in [4.78, 5) is 15.3. The Balaban J connectivity index is 1.64. The average molecular weight is 331 g/mol. The summed E-state index contributed by atoms with van der Waals surface area (Å²) < 4.78 is 5.78. The quantitative estimate of drug-likeness (QED) is 0.936. The monoisotopic (exact) mass is 331 g/mol. The number of hydrogen-bond acceptors (Lipinski definition) is 4. The summed E-state index contributed by atoms with van der Waals surface area (Å²) in [5.41, 5.74) is 1.55. The lowest BCUT2D eigenvalue weighted by atomic mass is 10.1. The summed E-state index contributed by atoms with van der Waals surface area (Å²) in [6.45, 7) is 1.52. The zero-order valence-electron chi connectivity index (χ0n) is 13.0. The second-order valence-electron chi connectivity index (χ2n) is 6.25. The van der Waals surface area contributed by atoms with Gasteiger partial charge in [-0.2, -0.15) is 16.9 Å². The Morgan fingerprint density at radius 2 is 2.39 bits per heavy atom. The van der Waals surface area contributed by atoms with Gasteiger partial charge >= 0.3 is 0 Å². The summed E-state index contributed by atoms with van der Waals surface area (Å²) in [6.07, 6.45) is 5.18. The average Bonchev–Trinajstić information content (AvgIpc) is 3.33. The molecule has 0 bridgehead atoms. The van der Waals surface area contributed by atoms with Gasteiger partial charge < -0.3 is 9.64 Å². The van der Waals surface area contributed by atoms with Gasteiger partial charge in [0.2, 0.25) is 0 Å². The molecule has 0 saturated carbocycles. The van der Waals surface area contributed by atoms with Gasteiger partial charge in [0.1, 0.15) is 0 Å². The minimum Gasteiger partial charge on any atom is -0.376 e. The molecular weight excluding hydrogens is 310 g/mol. The van der Waals surface area contributed by atoms with Gasteiger partial charge in [-0.15, -0.1) is 0 Å². The van der Waals surface area contributed by atoms with Gasteiger partial charge in [-0.3, -0.25) is 9.89 Å². The van der Waals surface area contributed by atoms with Gasteiger partial charge in [0.15, 0.2) is 0 Å². The van der Waals surface area contributed by atoms with Crippen molar-refractivity contribution in [1.29, 1.82) is 0 Å². The topological polar surface area (TPSA) is 58.2 Å². The lowest BCUT2D eigenvalue weighted by Gasteiger charge is -2.31. The van der Waals surface area contributed by atoms with Gasteiger partial charge in [-0.05, 0) is 31.1 Å². The Morgan fingerprint density at radius 3 is 3.17 bits per heavy atom. The standard InChI is InChI=1S/C17H21N3O2S/c21-17(15-5-1-3-12-9-18-19-16(12)15)20(13-6-8-23-11-13)10-14-4-2-7-22-14/h1,3,5,9,13-14H,2,4,6-8,10-11H2,(H,18,19). The molecule has 2 aliphatic heterocycles. The number of carbonyl (C=O) groups is 1. The first-order chi connectivity index (χ1) is 11.3. The molecule has 2 saturated heterocycles. The van der Waals surface area contributed by atoms with Gasteiger partial charge in [0.25, 0.3) is 5.91 Å². The molecule has 1 amide bonds. The van der Waals surface area contributed by atoms with Crippen molar-refractivity contribution in [3.05, 3.63) is 30.0 Å². The van der Waals surface area contributed by atoms with E-state index in [9.17, 15) is 4.79 Å². The van der Waals surface area contributed by atoms with Gasteiger partial charge in [-0.1, -0.05) is 12.1 Å². The molecule has 2 aliphatic rings. The van der Waals surface area contributed by atoms with Crippen molar-refractivity contribution in [2.24, 2.45) is 0 Å². The van der Waals surface area contributed by atoms with Crippen LogP contribution in [0.1, 0.15) is 29.6 Å². The van der Waals surface area contributed by atoms with Crippen molar-refractivity contribution in [2.45, 2.75) is 31.4 Å². The number of ether oxygens (including phenoxy) is 1. The minimum atomic E-state index is 0.0999. The zero-order chi connectivity index (χ0) is 15.6. The maximum absolute atomic E-state index is 13.2. The number of para-hydroxylation sites is 1.